The van der Waals surface area contributed by atoms with E-state index in [-0.39, 0.29) is 5.41 Å². The highest BCUT2D eigenvalue weighted by molar-refractivity contribution is 5.34. The minimum Gasteiger partial charge on any atom is -0.381 e. The van der Waals surface area contributed by atoms with Gasteiger partial charge in [-0.05, 0) is 30.9 Å². The van der Waals surface area contributed by atoms with Crippen molar-refractivity contribution in [2.45, 2.75) is 31.7 Å². The number of benzene rings is 1. The molecule has 1 aromatic carbocycles. The van der Waals surface area contributed by atoms with E-state index in [1.54, 1.807) is 6.20 Å². The Morgan fingerprint density at radius 3 is 2.81 bits per heavy atom. The highest BCUT2D eigenvalue weighted by Crippen LogP contribution is 2.36. The Bertz CT molecular complexity index is 559. The third-order valence-corrected chi connectivity index (χ3v) is 4.48. The molecule has 1 fully saturated rings. The van der Waals surface area contributed by atoms with Crippen LogP contribution in [0.15, 0.2) is 36.7 Å². The number of nitrogens with one attached hydrogen (secondary N) is 2. The zero-order chi connectivity index (χ0) is 14.5. The van der Waals surface area contributed by atoms with E-state index in [9.17, 15) is 0 Å². The van der Waals surface area contributed by atoms with E-state index in [2.05, 4.69) is 46.5 Å². The van der Waals surface area contributed by atoms with Crippen molar-refractivity contribution in [1.29, 1.82) is 0 Å². The maximum atomic E-state index is 5.59. The quantitative estimate of drug-likeness (QED) is 0.887. The van der Waals surface area contributed by atoms with Crippen LogP contribution in [0.1, 0.15) is 29.8 Å². The maximum Gasteiger partial charge on any atom is 0.120 e. The average Bonchev–Trinajstić information content (AvgIpc) is 3.02. The predicted octanol–water partition coefficient (Wildman–Crippen LogP) is 2.56. The summed E-state index contributed by atoms with van der Waals surface area (Å²) in [6.45, 7) is 5.63. The molecule has 1 saturated heterocycles. The molecule has 1 aliphatic heterocycles. The van der Waals surface area contributed by atoms with E-state index in [0.29, 0.717) is 0 Å². The molecule has 1 aromatic heterocycles. The highest BCUT2D eigenvalue weighted by atomic mass is 16.5. The highest BCUT2D eigenvalue weighted by Gasteiger charge is 2.35. The Kier molecular flexibility index (Phi) is 4.36. The second-order valence-corrected chi connectivity index (χ2v) is 5.85. The van der Waals surface area contributed by atoms with Crippen molar-refractivity contribution in [2.24, 2.45) is 0 Å². The number of ether oxygens (including phenoxy) is 1. The molecule has 21 heavy (non-hydrogen) atoms. The summed E-state index contributed by atoms with van der Waals surface area (Å²) >= 11 is 0. The molecule has 2 N–H and O–H groups in total. The molecular weight excluding hydrogens is 262 g/mol. The van der Waals surface area contributed by atoms with Gasteiger partial charge in [0, 0.05) is 37.6 Å². The SMILES string of the molecule is Cc1ccccc1C1(CNCc2ncc[nH]2)CCOCC1. The summed E-state index contributed by atoms with van der Waals surface area (Å²) in [5, 5.41) is 3.57. The zero-order valence-electron chi connectivity index (χ0n) is 12.6. The van der Waals surface area contributed by atoms with E-state index >= 15 is 0 Å². The number of H-pyrrole nitrogens is 1. The number of aromatic amines is 1. The number of aryl methyl sites for hydroxylation is 1. The molecule has 1 aliphatic rings. The normalized spacial score (nSPS) is 17.8. The van der Waals surface area contributed by atoms with Crippen LogP contribution in [0.4, 0.5) is 0 Å². The van der Waals surface area contributed by atoms with Crippen LogP contribution in [0, 0.1) is 6.92 Å². The summed E-state index contributed by atoms with van der Waals surface area (Å²) in [5.74, 6) is 0.988. The van der Waals surface area contributed by atoms with Crippen molar-refractivity contribution >= 4 is 0 Å². The molecule has 3 rings (SSSR count). The van der Waals surface area contributed by atoms with Crippen molar-refractivity contribution in [3.63, 3.8) is 0 Å². The molecule has 0 radical (unpaired) electrons. The third kappa shape index (κ3) is 3.17. The molecule has 112 valence electrons. The Labute approximate surface area is 125 Å². The summed E-state index contributed by atoms with van der Waals surface area (Å²) in [5.41, 5.74) is 3.01. The lowest BCUT2D eigenvalue weighted by atomic mass is 9.72. The largest absolute Gasteiger partial charge is 0.381 e. The van der Waals surface area contributed by atoms with Crippen LogP contribution in [0.5, 0.6) is 0 Å². The fourth-order valence-electron chi connectivity index (χ4n) is 3.29. The molecule has 0 atom stereocenters. The fraction of sp³-hybridized carbons (Fsp3) is 0.471. The first kappa shape index (κ1) is 14.3. The number of aromatic nitrogens is 2. The van der Waals surface area contributed by atoms with Crippen LogP contribution in [0.3, 0.4) is 0 Å². The van der Waals surface area contributed by atoms with Crippen molar-refractivity contribution in [3.8, 4) is 0 Å². The van der Waals surface area contributed by atoms with Crippen LogP contribution >= 0.6 is 0 Å². The molecule has 0 amide bonds. The van der Waals surface area contributed by atoms with Crippen molar-refractivity contribution < 1.29 is 4.74 Å². The van der Waals surface area contributed by atoms with E-state index in [4.69, 9.17) is 4.74 Å². The minimum absolute atomic E-state index is 0.177. The van der Waals surface area contributed by atoms with Gasteiger partial charge in [0.15, 0.2) is 0 Å². The third-order valence-electron chi connectivity index (χ3n) is 4.48. The Balaban J connectivity index is 1.75. The van der Waals surface area contributed by atoms with Crippen molar-refractivity contribution in [2.75, 3.05) is 19.8 Å². The zero-order valence-corrected chi connectivity index (χ0v) is 12.6. The van der Waals surface area contributed by atoms with Gasteiger partial charge < -0.3 is 15.0 Å². The van der Waals surface area contributed by atoms with Gasteiger partial charge >= 0.3 is 0 Å². The lowest BCUT2D eigenvalue weighted by Crippen LogP contribution is -2.43. The molecule has 2 aromatic rings. The molecule has 2 heterocycles. The van der Waals surface area contributed by atoms with Crippen molar-refractivity contribution in [1.82, 2.24) is 15.3 Å². The lowest BCUT2D eigenvalue weighted by Gasteiger charge is -2.39. The maximum absolute atomic E-state index is 5.59. The molecule has 0 bridgehead atoms. The van der Waals surface area contributed by atoms with Gasteiger partial charge in [0.05, 0.1) is 6.54 Å². The van der Waals surface area contributed by atoms with Gasteiger partial charge in [-0.1, -0.05) is 24.3 Å². The predicted molar refractivity (Wildman–Crippen MR) is 83.2 cm³/mol. The second-order valence-electron chi connectivity index (χ2n) is 5.85. The number of imidazole rings is 1. The summed E-state index contributed by atoms with van der Waals surface area (Å²) < 4.78 is 5.59. The van der Waals surface area contributed by atoms with Crippen LogP contribution in [0.25, 0.3) is 0 Å². The van der Waals surface area contributed by atoms with Crippen LogP contribution in [-0.2, 0) is 16.7 Å². The van der Waals surface area contributed by atoms with Crippen LogP contribution in [-0.4, -0.2) is 29.7 Å². The van der Waals surface area contributed by atoms with Gasteiger partial charge in [-0.25, -0.2) is 4.98 Å². The van der Waals surface area contributed by atoms with E-state index < -0.39 is 0 Å². The summed E-state index contributed by atoms with van der Waals surface area (Å²) in [4.78, 5) is 7.41. The topological polar surface area (TPSA) is 49.9 Å². The van der Waals surface area contributed by atoms with Gasteiger partial charge in [-0.3, -0.25) is 0 Å². The van der Waals surface area contributed by atoms with Gasteiger partial charge in [-0.15, -0.1) is 0 Å². The first-order chi connectivity index (χ1) is 10.3. The first-order valence-corrected chi connectivity index (χ1v) is 7.63. The lowest BCUT2D eigenvalue weighted by molar-refractivity contribution is 0.0495. The Hall–Kier alpha value is -1.65. The van der Waals surface area contributed by atoms with Crippen molar-refractivity contribution in [3.05, 3.63) is 53.6 Å². The molecule has 0 aliphatic carbocycles. The van der Waals surface area contributed by atoms with Gasteiger partial charge in [0.25, 0.3) is 0 Å². The molecular formula is C17H23N3O. The number of rotatable bonds is 5. The summed E-state index contributed by atoms with van der Waals surface area (Å²) in [7, 11) is 0. The van der Waals surface area contributed by atoms with E-state index in [1.807, 2.05) is 6.20 Å². The first-order valence-electron chi connectivity index (χ1n) is 7.63. The standard InChI is InChI=1S/C17H23N3O/c1-14-4-2-3-5-15(14)17(6-10-21-11-7-17)13-18-12-16-19-8-9-20-16/h2-5,8-9,18H,6-7,10-13H2,1H3,(H,19,20). The number of hydrogen-bond acceptors (Lipinski definition) is 3. The monoisotopic (exact) mass is 285 g/mol. The van der Waals surface area contributed by atoms with Crippen LogP contribution < -0.4 is 5.32 Å². The Morgan fingerprint density at radius 2 is 2.10 bits per heavy atom. The average molecular weight is 285 g/mol. The second kappa shape index (κ2) is 6.41. The van der Waals surface area contributed by atoms with Gasteiger partial charge in [-0.2, -0.15) is 0 Å². The fourth-order valence-corrected chi connectivity index (χ4v) is 3.29. The number of hydrogen-bond donors (Lipinski definition) is 2. The minimum atomic E-state index is 0.177. The van der Waals surface area contributed by atoms with Gasteiger partial charge in [0.2, 0.25) is 0 Å². The van der Waals surface area contributed by atoms with Crippen LogP contribution in [0.2, 0.25) is 0 Å². The summed E-state index contributed by atoms with van der Waals surface area (Å²) in [6, 6.07) is 8.74. The molecule has 4 nitrogen and oxygen atoms in total. The molecule has 0 unspecified atom stereocenters. The molecule has 0 saturated carbocycles. The smallest absolute Gasteiger partial charge is 0.120 e. The Morgan fingerprint density at radius 1 is 1.29 bits per heavy atom. The van der Waals surface area contributed by atoms with Gasteiger partial charge in [0.1, 0.15) is 5.82 Å². The van der Waals surface area contributed by atoms with E-state index in [1.165, 1.54) is 11.1 Å². The number of nitrogens with zero attached hydrogens (tertiary/aromatic N) is 1. The van der Waals surface area contributed by atoms with E-state index in [0.717, 1.165) is 45.0 Å². The summed E-state index contributed by atoms with van der Waals surface area (Å²) in [6.07, 6.45) is 5.80. The molecule has 0 spiro atoms. The molecule has 4 heteroatoms.